The van der Waals surface area contributed by atoms with Crippen LogP contribution in [0.4, 0.5) is 0 Å². The van der Waals surface area contributed by atoms with Crippen molar-refractivity contribution in [2.45, 2.75) is 25.7 Å². The molecule has 0 aromatic carbocycles. The molecule has 74 valence electrons. The minimum Gasteiger partial charge on any atom is -0.396 e. The lowest BCUT2D eigenvalue weighted by Crippen LogP contribution is -2.05. The standard InChI is InChI=1S/C4H8O2.C4H10O2/c1-2-4-6-5-3-1;5-3-1-2-4-6/h1-4H2;5-6H,1-4H2. The topological polar surface area (TPSA) is 58.9 Å². The second kappa shape index (κ2) is 10.8. The predicted molar refractivity (Wildman–Crippen MR) is 44.5 cm³/mol. The largest absolute Gasteiger partial charge is 0.396 e. The summed E-state index contributed by atoms with van der Waals surface area (Å²) >= 11 is 0. The van der Waals surface area contributed by atoms with Crippen molar-refractivity contribution < 1.29 is 20.0 Å². The molecule has 0 unspecified atom stereocenters. The van der Waals surface area contributed by atoms with Crippen LogP contribution in [0, 0.1) is 0 Å². The average molecular weight is 178 g/mol. The van der Waals surface area contributed by atoms with E-state index in [4.69, 9.17) is 10.2 Å². The summed E-state index contributed by atoms with van der Waals surface area (Å²) in [5.41, 5.74) is 0. The fraction of sp³-hybridized carbons (Fsp3) is 1.00. The molecule has 0 radical (unpaired) electrons. The van der Waals surface area contributed by atoms with Crippen LogP contribution in [0.2, 0.25) is 0 Å². The number of unbranched alkanes of at least 4 members (excludes halogenated alkanes) is 1. The molecule has 0 aromatic rings. The van der Waals surface area contributed by atoms with Gasteiger partial charge in [0, 0.05) is 13.2 Å². The third-order valence-corrected chi connectivity index (χ3v) is 1.35. The Balaban J connectivity index is 0.000000202. The molecule has 1 aliphatic heterocycles. The molecule has 0 aromatic heterocycles. The Morgan fingerprint density at radius 1 is 0.833 bits per heavy atom. The van der Waals surface area contributed by atoms with Crippen molar-refractivity contribution in [3.63, 3.8) is 0 Å². The van der Waals surface area contributed by atoms with Crippen molar-refractivity contribution in [2.24, 2.45) is 0 Å². The molecule has 0 atom stereocenters. The lowest BCUT2D eigenvalue weighted by Gasteiger charge is -2.07. The van der Waals surface area contributed by atoms with Gasteiger partial charge in [0.1, 0.15) is 0 Å². The Labute approximate surface area is 73.0 Å². The first-order chi connectivity index (χ1) is 5.91. The van der Waals surface area contributed by atoms with E-state index in [9.17, 15) is 0 Å². The van der Waals surface area contributed by atoms with Crippen molar-refractivity contribution in [3.05, 3.63) is 0 Å². The molecule has 0 aliphatic carbocycles. The van der Waals surface area contributed by atoms with Crippen LogP contribution < -0.4 is 0 Å². The first kappa shape index (κ1) is 11.8. The minimum absolute atomic E-state index is 0.195. The Morgan fingerprint density at radius 2 is 1.25 bits per heavy atom. The van der Waals surface area contributed by atoms with Gasteiger partial charge < -0.3 is 10.2 Å². The number of hydrogen-bond donors (Lipinski definition) is 2. The highest BCUT2D eigenvalue weighted by molar-refractivity contribution is 4.36. The molecule has 4 nitrogen and oxygen atoms in total. The molecule has 0 saturated carbocycles. The summed E-state index contributed by atoms with van der Waals surface area (Å²) in [5.74, 6) is 0. The summed E-state index contributed by atoms with van der Waals surface area (Å²) in [7, 11) is 0. The molecular formula is C8H18O4. The van der Waals surface area contributed by atoms with Crippen LogP contribution in [-0.4, -0.2) is 36.6 Å². The van der Waals surface area contributed by atoms with E-state index in [2.05, 4.69) is 9.78 Å². The molecule has 0 amide bonds. The first-order valence-corrected chi connectivity index (χ1v) is 4.38. The van der Waals surface area contributed by atoms with Crippen LogP contribution in [-0.2, 0) is 9.78 Å². The lowest BCUT2D eigenvalue weighted by atomic mass is 10.3. The maximum Gasteiger partial charge on any atom is 0.0823 e. The minimum atomic E-state index is 0.195. The molecular weight excluding hydrogens is 160 g/mol. The highest BCUT2D eigenvalue weighted by Gasteiger charge is 1.95. The Hall–Kier alpha value is -0.160. The summed E-state index contributed by atoms with van der Waals surface area (Å²) in [6, 6.07) is 0. The van der Waals surface area contributed by atoms with Gasteiger partial charge >= 0.3 is 0 Å². The van der Waals surface area contributed by atoms with E-state index in [1.165, 1.54) is 0 Å². The number of hydrogen-bond acceptors (Lipinski definition) is 4. The Morgan fingerprint density at radius 3 is 1.42 bits per heavy atom. The second-order valence-electron chi connectivity index (χ2n) is 2.51. The zero-order valence-electron chi connectivity index (χ0n) is 7.37. The normalized spacial score (nSPS) is 16.5. The van der Waals surface area contributed by atoms with Gasteiger partial charge in [-0.05, 0) is 25.7 Å². The maximum absolute atomic E-state index is 8.09. The van der Waals surface area contributed by atoms with Crippen LogP contribution in [0.25, 0.3) is 0 Å². The average Bonchev–Trinajstić information content (AvgIpc) is 2.18. The zero-order chi connectivity index (χ0) is 9.07. The molecule has 0 bridgehead atoms. The lowest BCUT2D eigenvalue weighted by molar-refractivity contribution is -0.312. The smallest absolute Gasteiger partial charge is 0.0823 e. The third-order valence-electron chi connectivity index (χ3n) is 1.35. The summed E-state index contributed by atoms with van der Waals surface area (Å²) in [5, 5.41) is 16.2. The van der Waals surface area contributed by atoms with Gasteiger partial charge in [0.05, 0.1) is 13.2 Å². The molecule has 1 saturated heterocycles. The van der Waals surface area contributed by atoms with Gasteiger partial charge in [0.15, 0.2) is 0 Å². The molecule has 1 rings (SSSR count). The van der Waals surface area contributed by atoms with Crippen molar-refractivity contribution in [2.75, 3.05) is 26.4 Å². The van der Waals surface area contributed by atoms with Crippen LogP contribution in [0.15, 0.2) is 0 Å². The highest BCUT2D eigenvalue weighted by Crippen LogP contribution is 1.97. The van der Waals surface area contributed by atoms with Crippen LogP contribution in [0.3, 0.4) is 0 Å². The maximum atomic E-state index is 8.09. The van der Waals surface area contributed by atoms with Crippen LogP contribution in [0.5, 0.6) is 0 Å². The fourth-order valence-corrected chi connectivity index (χ4v) is 0.663. The van der Waals surface area contributed by atoms with E-state index in [1.54, 1.807) is 0 Å². The van der Waals surface area contributed by atoms with E-state index in [0.717, 1.165) is 38.9 Å². The zero-order valence-corrected chi connectivity index (χ0v) is 7.37. The molecule has 0 spiro atoms. The van der Waals surface area contributed by atoms with Gasteiger partial charge in [-0.1, -0.05) is 0 Å². The number of aliphatic hydroxyl groups excluding tert-OH is 2. The third kappa shape index (κ3) is 9.84. The monoisotopic (exact) mass is 178 g/mol. The van der Waals surface area contributed by atoms with Crippen molar-refractivity contribution in [1.29, 1.82) is 0 Å². The fourth-order valence-electron chi connectivity index (χ4n) is 0.663. The summed E-state index contributed by atoms with van der Waals surface area (Å²) in [6.45, 7) is 1.95. The van der Waals surface area contributed by atoms with Gasteiger partial charge in [0.2, 0.25) is 0 Å². The molecule has 1 aliphatic rings. The SMILES string of the molecule is C1CCOOC1.OCCCCO. The Kier molecular flexibility index (Phi) is 10.7. The Bertz CT molecular complexity index is 57.9. The highest BCUT2D eigenvalue weighted by atomic mass is 17.2. The van der Waals surface area contributed by atoms with Gasteiger partial charge in [-0.2, -0.15) is 0 Å². The summed E-state index contributed by atoms with van der Waals surface area (Å²) < 4.78 is 0. The van der Waals surface area contributed by atoms with E-state index < -0.39 is 0 Å². The number of rotatable bonds is 3. The molecule has 4 heteroatoms. The quantitative estimate of drug-likeness (QED) is 0.487. The van der Waals surface area contributed by atoms with Crippen LogP contribution in [0.1, 0.15) is 25.7 Å². The van der Waals surface area contributed by atoms with Crippen molar-refractivity contribution >= 4 is 0 Å². The van der Waals surface area contributed by atoms with E-state index in [0.29, 0.717) is 0 Å². The number of aliphatic hydroxyl groups is 2. The van der Waals surface area contributed by atoms with E-state index in [-0.39, 0.29) is 13.2 Å². The van der Waals surface area contributed by atoms with E-state index >= 15 is 0 Å². The van der Waals surface area contributed by atoms with Gasteiger partial charge in [0.25, 0.3) is 0 Å². The van der Waals surface area contributed by atoms with Gasteiger partial charge in [-0.25, -0.2) is 9.78 Å². The first-order valence-electron chi connectivity index (χ1n) is 4.38. The van der Waals surface area contributed by atoms with Crippen molar-refractivity contribution in [1.82, 2.24) is 0 Å². The molecule has 1 heterocycles. The second-order valence-corrected chi connectivity index (χ2v) is 2.51. The van der Waals surface area contributed by atoms with Crippen molar-refractivity contribution in [3.8, 4) is 0 Å². The van der Waals surface area contributed by atoms with Gasteiger partial charge in [-0.3, -0.25) is 0 Å². The predicted octanol–water partition coefficient (Wildman–Crippen LogP) is 0.480. The summed E-state index contributed by atoms with van der Waals surface area (Å²) in [4.78, 5) is 9.14. The summed E-state index contributed by atoms with van der Waals surface area (Å²) in [6.07, 6.45) is 3.74. The molecule has 12 heavy (non-hydrogen) atoms. The molecule has 1 fully saturated rings. The molecule has 2 N–H and O–H groups in total. The van der Waals surface area contributed by atoms with E-state index in [1.807, 2.05) is 0 Å². The van der Waals surface area contributed by atoms with Crippen LogP contribution >= 0.6 is 0 Å². The van der Waals surface area contributed by atoms with Gasteiger partial charge in [-0.15, -0.1) is 0 Å².